The zero-order chi connectivity index (χ0) is 12.7. The van der Waals surface area contributed by atoms with Crippen LogP contribution in [0.3, 0.4) is 0 Å². The van der Waals surface area contributed by atoms with Gasteiger partial charge in [-0.1, -0.05) is 68.0 Å². The fourth-order valence-electron chi connectivity index (χ4n) is 2.79. The highest BCUT2D eigenvalue weighted by atomic mass is 79.9. The van der Waals surface area contributed by atoms with Crippen LogP contribution in [0.4, 0.5) is 0 Å². The summed E-state index contributed by atoms with van der Waals surface area (Å²) in [6.45, 7) is 6.24. The molecule has 1 rings (SSSR count). The lowest BCUT2D eigenvalue weighted by Gasteiger charge is -2.32. The van der Waals surface area contributed by atoms with Gasteiger partial charge in [0.1, 0.15) is 5.78 Å². The first-order valence-corrected chi connectivity index (χ1v) is 7.81. The molecule has 0 radical (unpaired) electrons. The lowest BCUT2D eigenvalue weighted by molar-refractivity contribution is -0.127. The number of unbranched alkanes of at least 4 members (excludes halogenated alkanes) is 1. The highest BCUT2D eigenvalue weighted by Crippen LogP contribution is 2.43. The Bertz CT molecular complexity index is 272. The van der Waals surface area contributed by atoms with Crippen molar-refractivity contribution in [3.8, 4) is 0 Å². The van der Waals surface area contributed by atoms with Gasteiger partial charge in [-0.3, -0.25) is 4.79 Å². The summed E-state index contributed by atoms with van der Waals surface area (Å²) in [4.78, 5) is 12.5. The number of halogens is 1. The SMILES string of the molecule is C=C(Br)C1(CCCC)CCCCCCCC1=O. The lowest BCUT2D eigenvalue weighted by Crippen LogP contribution is -2.31. The Morgan fingerprint density at radius 1 is 1.29 bits per heavy atom. The van der Waals surface area contributed by atoms with E-state index in [0.717, 1.165) is 43.0 Å². The third kappa shape index (κ3) is 3.94. The molecule has 1 unspecified atom stereocenters. The highest BCUT2D eigenvalue weighted by Gasteiger charge is 2.38. The van der Waals surface area contributed by atoms with Crippen LogP contribution in [0.15, 0.2) is 11.1 Å². The van der Waals surface area contributed by atoms with E-state index in [1.54, 1.807) is 0 Å². The van der Waals surface area contributed by atoms with Gasteiger partial charge in [0.05, 0.1) is 5.41 Å². The quantitative estimate of drug-likeness (QED) is 0.681. The number of carbonyl (C=O) groups excluding carboxylic acids is 1. The van der Waals surface area contributed by atoms with Gasteiger partial charge in [0.2, 0.25) is 0 Å². The molecule has 0 aromatic carbocycles. The van der Waals surface area contributed by atoms with E-state index in [1.165, 1.54) is 25.7 Å². The molecule has 0 spiro atoms. The number of allylic oxidation sites excluding steroid dienone is 1. The minimum absolute atomic E-state index is 0.264. The van der Waals surface area contributed by atoms with E-state index >= 15 is 0 Å². The van der Waals surface area contributed by atoms with Crippen molar-refractivity contribution in [3.63, 3.8) is 0 Å². The van der Waals surface area contributed by atoms with E-state index in [4.69, 9.17) is 0 Å². The van der Waals surface area contributed by atoms with Crippen molar-refractivity contribution >= 4 is 21.7 Å². The Kier molecular flexibility index (Phi) is 6.47. The molecule has 1 saturated carbocycles. The van der Waals surface area contributed by atoms with Gasteiger partial charge in [0.25, 0.3) is 0 Å². The van der Waals surface area contributed by atoms with E-state index in [0.29, 0.717) is 5.78 Å². The summed E-state index contributed by atoms with van der Waals surface area (Å²) in [6.07, 6.45) is 11.0. The molecule has 0 amide bonds. The van der Waals surface area contributed by atoms with Gasteiger partial charge in [0, 0.05) is 10.9 Å². The molecule has 0 aliphatic heterocycles. The number of ketones is 1. The lowest BCUT2D eigenvalue weighted by atomic mass is 9.74. The van der Waals surface area contributed by atoms with Gasteiger partial charge in [-0.2, -0.15) is 0 Å². The van der Waals surface area contributed by atoms with Gasteiger partial charge < -0.3 is 0 Å². The first kappa shape index (κ1) is 14.9. The van der Waals surface area contributed by atoms with Crippen LogP contribution in [0, 0.1) is 5.41 Å². The van der Waals surface area contributed by atoms with Crippen molar-refractivity contribution in [2.45, 2.75) is 71.1 Å². The molecule has 0 bridgehead atoms. The van der Waals surface area contributed by atoms with Crippen molar-refractivity contribution in [1.29, 1.82) is 0 Å². The molecule has 1 aliphatic carbocycles. The molecular formula is C15H25BrO. The molecule has 1 nitrogen and oxygen atoms in total. The number of hydrogen-bond donors (Lipinski definition) is 0. The van der Waals surface area contributed by atoms with Gasteiger partial charge >= 0.3 is 0 Å². The van der Waals surface area contributed by atoms with E-state index in [1.807, 2.05) is 0 Å². The van der Waals surface area contributed by atoms with Gasteiger partial charge in [-0.15, -0.1) is 0 Å². The summed E-state index contributed by atoms with van der Waals surface area (Å²) in [5.41, 5.74) is -0.264. The molecular weight excluding hydrogens is 276 g/mol. The average molecular weight is 301 g/mol. The Morgan fingerprint density at radius 2 is 1.94 bits per heavy atom. The minimum atomic E-state index is -0.264. The van der Waals surface area contributed by atoms with Crippen molar-refractivity contribution < 1.29 is 4.79 Å². The molecule has 0 N–H and O–H groups in total. The second-order valence-corrected chi connectivity index (χ2v) is 6.24. The molecule has 17 heavy (non-hydrogen) atoms. The highest BCUT2D eigenvalue weighted by molar-refractivity contribution is 9.11. The van der Waals surface area contributed by atoms with Crippen LogP contribution in [0.25, 0.3) is 0 Å². The number of carbonyl (C=O) groups is 1. The normalized spacial score (nSPS) is 27.1. The monoisotopic (exact) mass is 300 g/mol. The summed E-state index contributed by atoms with van der Waals surface area (Å²) in [5, 5.41) is 0. The smallest absolute Gasteiger partial charge is 0.143 e. The maximum atomic E-state index is 12.5. The molecule has 0 heterocycles. The zero-order valence-electron chi connectivity index (χ0n) is 11.1. The fourth-order valence-corrected chi connectivity index (χ4v) is 3.40. The Labute approximate surface area is 114 Å². The van der Waals surface area contributed by atoms with Crippen LogP contribution in [0.5, 0.6) is 0 Å². The maximum Gasteiger partial charge on any atom is 0.143 e. The fraction of sp³-hybridized carbons (Fsp3) is 0.800. The van der Waals surface area contributed by atoms with Crippen molar-refractivity contribution in [3.05, 3.63) is 11.1 Å². The molecule has 0 aromatic rings. The van der Waals surface area contributed by atoms with Crippen molar-refractivity contribution in [1.82, 2.24) is 0 Å². The maximum absolute atomic E-state index is 12.5. The molecule has 1 aliphatic rings. The van der Waals surface area contributed by atoms with Crippen molar-refractivity contribution in [2.24, 2.45) is 5.41 Å². The largest absolute Gasteiger partial charge is 0.299 e. The first-order valence-electron chi connectivity index (χ1n) is 7.01. The van der Waals surface area contributed by atoms with Crippen LogP contribution in [-0.4, -0.2) is 5.78 Å². The third-order valence-corrected chi connectivity index (χ3v) is 4.78. The van der Waals surface area contributed by atoms with Gasteiger partial charge in [-0.25, -0.2) is 0 Å². The summed E-state index contributed by atoms with van der Waals surface area (Å²) >= 11 is 3.53. The number of rotatable bonds is 4. The minimum Gasteiger partial charge on any atom is -0.299 e. The first-order chi connectivity index (χ1) is 8.13. The predicted octanol–water partition coefficient (Wildman–Crippen LogP) is 5.39. The Balaban J connectivity index is 2.85. The Morgan fingerprint density at radius 3 is 2.59 bits per heavy atom. The summed E-state index contributed by atoms with van der Waals surface area (Å²) in [5.74, 6) is 0.426. The standard InChI is InChI=1S/C15H25BrO/c1-3-4-11-15(13(2)16)12-9-7-5-6-8-10-14(15)17/h2-12H2,1H3. The van der Waals surface area contributed by atoms with E-state index in [-0.39, 0.29) is 5.41 Å². The molecule has 98 valence electrons. The molecule has 2 heteroatoms. The van der Waals surface area contributed by atoms with Crippen LogP contribution in [-0.2, 0) is 4.79 Å². The Hall–Kier alpha value is -0.110. The summed E-state index contributed by atoms with van der Waals surface area (Å²) in [7, 11) is 0. The van der Waals surface area contributed by atoms with Crippen LogP contribution in [0.1, 0.15) is 71.1 Å². The summed E-state index contributed by atoms with van der Waals surface area (Å²) in [6, 6.07) is 0. The van der Waals surface area contributed by atoms with Crippen LogP contribution in [0.2, 0.25) is 0 Å². The molecule has 0 aromatic heterocycles. The van der Waals surface area contributed by atoms with Crippen LogP contribution >= 0.6 is 15.9 Å². The number of Topliss-reactive ketones (excluding diaryl/α,β-unsaturated/α-hetero) is 1. The van der Waals surface area contributed by atoms with Crippen molar-refractivity contribution in [2.75, 3.05) is 0 Å². The number of hydrogen-bond acceptors (Lipinski definition) is 1. The third-order valence-electron chi connectivity index (χ3n) is 4.02. The predicted molar refractivity (Wildman–Crippen MR) is 77.4 cm³/mol. The van der Waals surface area contributed by atoms with Gasteiger partial charge in [-0.05, 0) is 19.3 Å². The van der Waals surface area contributed by atoms with Gasteiger partial charge in [0.15, 0.2) is 0 Å². The molecule has 0 saturated heterocycles. The topological polar surface area (TPSA) is 17.1 Å². The van der Waals surface area contributed by atoms with Crippen LogP contribution < -0.4 is 0 Å². The molecule has 1 fully saturated rings. The molecule has 1 atom stereocenters. The second kappa shape index (κ2) is 7.35. The second-order valence-electron chi connectivity index (χ2n) is 5.28. The van der Waals surface area contributed by atoms with E-state index in [9.17, 15) is 4.79 Å². The zero-order valence-corrected chi connectivity index (χ0v) is 12.7. The summed E-state index contributed by atoms with van der Waals surface area (Å²) < 4.78 is 0.922. The average Bonchev–Trinajstić information content (AvgIpc) is 2.39. The van der Waals surface area contributed by atoms with E-state index < -0.39 is 0 Å². The van der Waals surface area contributed by atoms with E-state index in [2.05, 4.69) is 29.4 Å².